The molecule has 0 aliphatic carbocycles. The van der Waals surface area contributed by atoms with Crippen molar-refractivity contribution in [2.45, 2.75) is 32.9 Å². The number of likely N-dealkylation sites (N-methyl/N-ethyl adjacent to an activating group) is 1. The fraction of sp³-hybridized carbons (Fsp3) is 0.391. The second kappa shape index (κ2) is 11.0. The molecule has 1 aliphatic rings. The Balaban J connectivity index is 1.95. The minimum atomic E-state index is -3.85. The summed E-state index contributed by atoms with van der Waals surface area (Å²) in [6.45, 7) is 3.56. The molecule has 1 atom stereocenters. The number of nitrogens with zero attached hydrogens (tertiary/aromatic N) is 2. The number of anilines is 1. The average molecular weight is 510 g/mol. The number of ether oxygens (including phenoxy) is 2. The molecule has 34 heavy (non-hydrogen) atoms. The Kier molecular flexibility index (Phi) is 8.27. The molecule has 0 saturated carbocycles. The van der Waals surface area contributed by atoms with Gasteiger partial charge in [-0.15, -0.1) is 0 Å². The number of halogens is 1. The molecule has 2 amide bonds. The predicted octanol–water partition coefficient (Wildman–Crippen LogP) is 2.78. The molecule has 1 aliphatic heterocycles. The highest BCUT2D eigenvalue weighted by atomic mass is 35.5. The van der Waals surface area contributed by atoms with Gasteiger partial charge in [0, 0.05) is 24.2 Å². The van der Waals surface area contributed by atoms with Gasteiger partial charge in [-0.25, -0.2) is 8.42 Å². The third-order valence-electron chi connectivity index (χ3n) is 5.36. The molecule has 0 aromatic heterocycles. The number of hydrogen-bond donors (Lipinski definition) is 1. The first-order valence-corrected chi connectivity index (χ1v) is 13.1. The summed E-state index contributed by atoms with van der Waals surface area (Å²) in [5, 5.41) is 3.19. The zero-order chi connectivity index (χ0) is 24.9. The Morgan fingerprint density at radius 1 is 1.12 bits per heavy atom. The molecule has 0 radical (unpaired) electrons. The van der Waals surface area contributed by atoms with E-state index in [1.807, 2.05) is 0 Å². The van der Waals surface area contributed by atoms with Crippen molar-refractivity contribution in [1.82, 2.24) is 10.2 Å². The van der Waals surface area contributed by atoms with Gasteiger partial charge >= 0.3 is 0 Å². The van der Waals surface area contributed by atoms with Gasteiger partial charge in [0.1, 0.15) is 12.6 Å². The zero-order valence-electron chi connectivity index (χ0n) is 19.3. The monoisotopic (exact) mass is 509 g/mol. The Hall–Kier alpha value is -2.98. The van der Waals surface area contributed by atoms with Gasteiger partial charge in [-0.2, -0.15) is 0 Å². The van der Waals surface area contributed by atoms with Crippen LogP contribution >= 0.6 is 11.6 Å². The standard InChI is InChI=1S/C23H28ClN3O6S/c1-4-19(23(29)25-5-2)26(13-16-8-6-7-9-18(16)24)22(28)14-27(34(3,30)31)17-10-11-20-21(12-17)33-15-32-20/h6-12,19H,4-5,13-15H2,1-3H3,(H,25,29)/t19-/m0/s1. The first-order valence-electron chi connectivity index (χ1n) is 10.8. The lowest BCUT2D eigenvalue weighted by Gasteiger charge is -2.33. The van der Waals surface area contributed by atoms with E-state index in [4.69, 9.17) is 21.1 Å². The van der Waals surface area contributed by atoms with E-state index in [2.05, 4.69) is 5.32 Å². The van der Waals surface area contributed by atoms with E-state index in [1.54, 1.807) is 50.2 Å². The second-order valence-electron chi connectivity index (χ2n) is 7.74. The first-order chi connectivity index (χ1) is 16.2. The predicted molar refractivity (Wildman–Crippen MR) is 130 cm³/mol. The molecule has 0 saturated heterocycles. The normalized spacial score (nSPS) is 13.3. The van der Waals surface area contributed by atoms with Crippen molar-refractivity contribution >= 4 is 39.1 Å². The molecule has 3 rings (SSSR count). The fourth-order valence-electron chi connectivity index (χ4n) is 3.68. The lowest BCUT2D eigenvalue weighted by molar-refractivity contribution is -0.140. The van der Waals surface area contributed by atoms with Crippen molar-refractivity contribution < 1.29 is 27.5 Å². The van der Waals surface area contributed by atoms with Gasteiger partial charge in [-0.05, 0) is 37.1 Å². The minimum Gasteiger partial charge on any atom is -0.454 e. The highest BCUT2D eigenvalue weighted by molar-refractivity contribution is 7.92. The first kappa shape index (κ1) is 25.6. The summed E-state index contributed by atoms with van der Waals surface area (Å²) in [6, 6.07) is 10.8. The van der Waals surface area contributed by atoms with Gasteiger partial charge in [0.05, 0.1) is 11.9 Å². The highest BCUT2D eigenvalue weighted by Crippen LogP contribution is 2.36. The number of fused-ring (bicyclic) bond motifs is 1. The maximum Gasteiger partial charge on any atom is 0.244 e. The summed E-state index contributed by atoms with van der Waals surface area (Å²) >= 11 is 6.32. The van der Waals surface area contributed by atoms with Crippen LogP contribution in [0.15, 0.2) is 42.5 Å². The van der Waals surface area contributed by atoms with Crippen molar-refractivity contribution in [2.24, 2.45) is 0 Å². The summed E-state index contributed by atoms with van der Waals surface area (Å²) in [5.74, 6) is 0.0203. The Labute approximate surface area is 204 Å². The zero-order valence-corrected chi connectivity index (χ0v) is 20.9. The van der Waals surface area contributed by atoms with Crippen molar-refractivity contribution in [3.63, 3.8) is 0 Å². The fourth-order valence-corrected chi connectivity index (χ4v) is 4.71. The van der Waals surface area contributed by atoms with Crippen molar-refractivity contribution in [1.29, 1.82) is 0 Å². The molecule has 0 bridgehead atoms. The van der Waals surface area contributed by atoms with Crippen LogP contribution < -0.4 is 19.1 Å². The molecule has 11 heteroatoms. The van der Waals surface area contributed by atoms with Crippen LogP contribution in [-0.2, 0) is 26.2 Å². The Bertz CT molecular complexity index is 1160. The SMILES string of the molecule is CCNC(=O)[C@H](CC)N(Cc1ccccc1Cl)C(=O)CN(c1ccc2c(c1)OCO2)S(C)(=O)=O. The molecular formula is C23H28ClN3O6S. The van der Waals surface area contributed by atoms with Crippen molar-refractivity contribution in [3.05, 3.63) is 53.1 Å². The van der Waals surface area contributed by atoms with Gasteiger partial charge in [-0.3, -0.25) is 13.9 Å². The van der Waals surface area contributed by atoms with Gasteiger partial charge in [0.2, 0.25) is 28.6 Å². The number of nitrogens with one attached hydrogen (secondary N) is 1. The van der Waals surface area contributed by atoms with E-state index >= 15 is 0 Å². The number of sulfonamides is 1. The van der Waals surface area contributed by atoms with Crippen molar-refractivity contribution in [3.8, 4) is 11.5 Å². The highest BCUT2D eigenvalue weighted by Gasteiger charge is 2.32. The maximum atomic E-state index is 13.6. The number of benzene rings is 2. The third-order valence-corrected chi connectivity index (χ3v) is 6.87. The summed E-state index contributed by atoms with van der Waals surface area (Å²) in [5.41, 5.74) is 0.901. The summed E-state index contributed by atoms with van der Waals surface area (Å²) in [4.78, 5) is 27.7. The van der Waals surface area contributed by atoms with E-state index in [9.17, 15) is 18.0 Å². The molecule has 184 valence electrons. The lowest BCUT2D eigenvalue weighted by Crippen LogP contribution is -2.52. The number of hydrogen-bond acceptors (Lipinski definition) is 6. The van der Waals surface area contributed by atoms with E-state index in [1.165, 1.54) is 11.0 Å². The average Bonchev–Trinajstić information content (AvgIpc) is 3.25. The van der Waals surface area contributed by atoms with Crippen LogP contribution in [0.25, 0.3) is 0 Å². The van der Waals surface area contributed by atoms with E-state index in [-0.39, 0.29) is 24.9 Å². The molecule has 0 unspecified atom stereocenters. The van der Waals surface area contributed by atoms with Crippen molar-refractivity contribution in [2.75, 3.05) is 30.4 Å². The number of amides is 2. The molecule has 1 N–H and O–H groups in total. The van der Waals surface area contributed by atoms with Crippen LogP contribution in [0.4, 0.5) is 5.69 Å². The van der Waals surface area contributed by atoms with Gasteiger partial charge in [0.15, 0.2) is 11.5 Å². The molecule has 2 aromatic carbocycles. The Morgan fingerprint density at radius 2 is 1.82 bits per heavy atom. The molecule has 0 spiro atoms. The van der Waals surface area contributed by atoms with E-state index in [0.717, 1.165) is 10.6 Å². The van der Waals surface area contributed by atoms with Crippen LogP contribution in [0.3, 0.4) is 0 Å². The van der Waals surface area contributed by atoms with Crippen LogP contribution in [0.2, 0.25) is 5.02 Å². The summed E-state index contributed by atoms with van der Waals surface area (Å²) in [7, 11) is -3.85. The summed E-state index contributed by atoms with van der Waals surface area (Å²) in [6.07, 6.45) is 1.36. The van der Waals surface area contributed by atoms with Crippen LogP contribution in [0, 0.1) is 0 Å². The van der Waals surface area contributed by atoms with Gasteiger partial charge in [0.25, 0.3) is 0 Å². The van der Waals surface area contributed by atoms with Gasteiger partial charge < -0.3 is 19.7 Å². The van der Waals surface area contributed by atoms with Gasteiger partial charge in [-0.1, -0.05) is 36.7 Å². The number of carbonyl (C=O) groups is 2. The number of carbonyl (C=O) groups excluding carboxylic acids is 2. The third kappa shape index (κ3) is 5.92. The molecular weight excluding hydrogens is 482 g/mol. The van der Waals surface area contributed by atoms with E-state index in [0.29, 0.717) is 35.1 Å². The number of rotatable bonds is 10. The van der Waals surface area contributed by atoms with Crippen LogP contribution in [0.1, 0.15) is 25.8 Å². The molecule has 1 heterocycles. The topological polar surface area (TPSA) is 105 Å². The van der Waals surface area contributed by atoms with E-state index < -0.39 is 28.5 Å². The second-order valence-corrected chi connectivity index (χ2v) is 10.1. The summed E-state index contributed by atoms with van der Waals surface area (Å²) < 4.78 is 37.0. The minimum absolute atomic E-state index is 0.0346. The van der Waals surface area contributed by atoms with Crippen LogP contribution in [-0.4, -0.2) is 57.3 Å². The molecule has 9 nitrogen and oxygen atoms in total. The largest absolute Gasteiger partial charge is 0.454 e. The Morgan fingerprint density at radius 3 is 2.47 bits per heavy atom. The lowest BCUT2D eigenvalue weighted by atomic mass is 10.1. The smallest absolute Gasteiger partial charge is 0.244 e. The van der Waals surface area contributed by atoms with Crippen LogP contribution in [0.5, 0.6) is 11.5 Å². The molecule has 2 aromatic rings. The quantitative estimate of drug-likeness (QED) is 0.528. The maximum absolute atomic E-state index is 13.6. The molecule has 0 fully saturated rings.